The summed E-state index contributed by atoms with van der Waals surface area (Å²) in [5.74, 6) is 2.64. The number of hydrogen-bond donors (Lipinski definition) is 1. The fraction of sp³-hybridized carbons (Fsp3) is 0.467. The van der Waals surface area contributed by atoms with Crippen molar-refractivity contribution in [3.63, 3.8) is 0 Å². The Hall–Kier alpha value is -2.24. The highest BCUT2D eigenvalue weighted by molar-refractivity contribution is 5.47. The molecule has 3 rings (SSSR count). The Morgan fingerprint density at radius 1 is 1.24 bits per heavy atom. The highest BCUT2D eigenvalue weighted by Gasteiger charge is 2.23. The minimum absolute atomic E-state index is 0.313. The molecule has 0 radical (unpaired) electrons. The first kappa shape index (κ1) is 13.7. The van der Waals surface area contributed by atoms with Gasteiger partial charge in [-0.2, -0.15) is 4.98 Å². The van der Waals surface area contributed by atoms with Crippen molar-refractivity contribution in [1.29, 1.82) is 0 Å². The lowest BCUT2D eigenvalue weighted by atomic mass is 10.1. The molecular weight excluding hydrogens is 264 g/mol. The van der Waals surface area contributed by atoms with Gasteiger partial charge in [0.05, 0.1) is 12.2 Å². The van der Waals surface area contributed by atoms with Gasteiger partial charge < -0.3 is 10.6 Å². The number of aryl methyl sites for hydroxylation is 1. The summed E-state index contributed by atoms with van der Waals surface area (Å²) in [5.41, 5.74) is 8.87. The molecule has 3 heterocycles. The highest BCUT2D eigenvalue weighted by Crippen LogP contribution is 2.26. The van der Waals surface area contributed by atoms with Crippen molar-refractivity contribution < 1.29 is 0 Å². The van der Waals surface area contributed by atoms with Gasteiger partial charge in [-0.05, 0) is 12.8 Å². The standard InChI is InChI=1S/C15H20N6/c1-9(2)4-13-17-6-11-7-21(8-12(11)19-13)14-5-10(3)18-15(16)20-14/h5-6,9H,4,7-8H2,1-3H3,(H2,16,18,20). The largest absolute Gasteiger partial charge is 0.368 e. The third kappa shape index (κ3) is 2.94. The second kappa shape index (κ2) is 5.27. The third-order valence-electron chi connectivity index (χ3n) is 3.48. The van der Waals surface area contributed by atoms with Crippen molar-refractivity contribution in [1.82, 2.24) is 19.9 Å². The summed E-state index contributed by atoms with van der Waals surface area (Å²) >= 11 is 0. The second-order valence-electron chi connectivity index (χ2n) is 5.94. The zero-order valence-electron chi connectivity index (χ0n) is 12.7. The monoisotopic (exact) mass is 284 g/mol. The van der Waals surface area contributed by atoms with E-state index in [1.165, 1.54) is 0 Å². The van der Waals surface area contributed by atoms with Crippen LogP contribution in [0.25, 0.3) is 0 Å². The van der Waals surface area contributed by atoms with E-state index in [1.54, 1.807) is 0 Å². The maximum atomic E-state index is 5.73. The first-order valence-corrected chi connectivity index (χ1v) is 7.21. The lowest BCUT2D eigenvalue weighted by Crippen LogP contribution is -2.17. The van der Waals surface area contributed by atoms with Crippen LogP contribution in [0.1, 0.15) is 36.6 Å². The molecule has 0 spiro atoms. The molecule has 21 heavy (non-hydrogen) atoms. The van der Waals surface area contributed by atoms with Crippen LogP contribution < -0.4 is 10.6 Å². The van der Waals surface area contributed by atoms with Crippen LogP contribution in [-0.4, -0.2) is 19.9 Å². The molecule has 0 amide bonds. The number of anilines is 2. The lowest BCUT2D eigenvalue weighted by Gasteiger charge is -2.16. The first-order valence-electron chi connectivity index (χ1n) is 7.21. The molecule has 0 bridgehead atoms. The Labute approximate surface area is 124 Å². The number of aromatic nitrogens is 4. The molecular formula is C15H20N6. The fourth-order valence-corrected chi connectivity index (χ4v) is 2.56. The molecule has 2 aromatic heterocycles. The van der Waals surface area contributed by atoms with Crippen LogP contribution in [0.15, 0.2) is 12.3 Å². The smallest absolute Gasteiger partial charge is 0.222 e. The normalized spacial score (nSPS) is 13.8. The summed E-state index contributed by atoms with van der Waals surface area (Å²) < 4.78 is 0. The summed E-state index contributed by atoms with van der Waals surface area (Å²) in [4.78, 5) is 19.7. The maximum absolute atomic E-state index is 5.73. The average molecular weight is 284 g/mol. The third-order valence-corrected chi connectivity index (χ3v) is 3.48. The molecule has 6 nitrogen and oxygen atoms in total. The van der Waals surface area contributed by atoms with Crippen molar-refractivity contribution in [2.45, 2.75) is 40.3 Å². The number of nitrogens with two attached hydrogens (primary N) is 1. The van der Waals surface area contributed by atoms with Gasteiger partial charge in [-0.15, -0.1) is 0 Å². The van der Waals surface area contributed by atoms with Crippen LogP contribution in [0, 0.1) is 12.8 Å². The van der Waals surface area contributed by atoms with Gasteiger partial charge in [-0.3, -0.25) is 0 Å². The van der Waals surface area contributed by atoms with Gasteiger partial charge in [0.2, 0.25) is 5.95 Å². The van der Waals surface area contributed by atoms with Crippen LogP contribution in [0.4, 0.5) is 11.8 Å². The van der Waals surface area contributed by atoms with E-state index in [0.29, 0.717) is 11.9 Å². The van der Waals surface area contributed by atoms with E-state index >= 15 is 0 Å². The molecule has 0 saturated heterocycles. The zero-order chi connectivity index (χ0) is 15.0. The molecule has 0 aliphatic carbocycles. The van der Waals surface area contributed by atoms with Gasteiger partial charge in [-0.1, -0.05) is 13.8 Å². The quantitative estimate of drug-likeness (QED) is 0.926. The van der Waals surface area contributed by atoms with E-state index in [0.717, 1.165) is 48.1 Å². The topological polar surface area (TPSA) is 80.8 Å². The minimum atomic E-state index is 0.313. The van der Waals surface area contributed by atoms with E-state index in [-0.39, 0.29) is 0 Å². The van der Waals surface area contributed by atoms with E-state index in [1.807, 2.05) is 19.2 Å². The summed E-state index contributed by atoms with van der Waals surface area (Å²) in [6.07, 6.45) is 2.85. The first-order chi connectivity index (χ1) is 10.0. The number of fused-ring (bicyclic) bond motifs is 1. The molecule has 2 aromatic rings. The van der Waals surface area contributed by atoms with Gasteiger partial charge >= 0.3 is 0 Å². The van der Waals surface area contributed by atoms with E-state index in [9.17, 15) is 0 Å². The zero-order valence-corrected chi connectivity index (χ0v) is 12.7. The summed E-state index contributed by atoms with van der Waals surface area (Å²) in [6.45, 7) is 7.79. The van der Waals surface area contributed by atoms with Crippen molar-refractivity contribution in [2.24, 2.45) is 5.92 Å². The van der Waals surface area contributed by atoms with Crippen LogP contribution in [0.5, 0.6) is 0 Å². The molecule has 0 atom stereocenters. The number of nitrogens with zero attached hydrogens (tertiary/aromatic N) is 5. The van der Waals surface area contributed by atoms with Crippen molar-refractivity contribution in [3.05, 3.63) is 35.0 Å². The fourth-order valence-electron chi connectivity index (χ4n) is 2.56. The molecule has 0 unspecified atom stereocenters. The Kier molecular flexibility index (Phi) is 3.45. The van der Waals surface area contributed by atoms with E-state index < -0.39 is 0 Å². The van der Waals surface area contributed by atoms with Gasteiger partial charge in [0.15, 0.2) is 0 Å². The van der Waals surface area contributed by atoms with Crippen molar-refractivity contribution in [3.8, 4) is 0 Å². The molecule has 6 heteroatoms. The van der Waals surface area contributed by atoms with Gasteiger partial charge in [-0.25, -0.2) is 15.0 Å². The molecule has 1 aliphatic heterocycles. The maximum Gasteiger partial charge on any atom is 0.222 e. The Morgan fingerprint density at radius 2 is 2.05 bits per heavy atom. The van der Waals surface area contributed by atoms with Gasteiger partial charge in [0, 0.05) is 36.5 Å². The second-order valence-corrected chi connectivity index (χ2v) is 5.94. The predicted octanol–water partition coefficient (Wildman–Crippen LogP) is 1.88. The number of rotatable bonds is 3. The van der Waals surface area contributed by atoms with E-state index in [4.69, 9.17) is 5.73 Å². The number of nitrogen functional groups attached to an aromatic ring is 1. The SMILES string of the molecule is Cc1cc(N2Cc3cnc(CC(C)C)nc3C2)nc(N)n1. The van der Waals surface area contributed by atoms with Crippen LogP contribution in [-0.2, 0) is 19.5 Å². The minimum Gasteiger partial charge on any atom is -0.368 e. The van der Waals surface area contributed by atoms with Crippen LogP contribution in [0.2, 0.25) is 0 Å². The molecule has 0 aromatic carbocycles. The Balaban J connectivity index is 1.83. The molecule has 110 valence electrons. The molecule has 1 aliphatic rings. The lowest BCUT2D eigenvalue weighted by molar-refractivity contribution is 0.617. The van der Waals surface area contributed by atoms with E-state index in [2.05, 4.69) is 38.7 Å². The Morgan fingerprint density at radius 3 is 2.76 bits per heavy atom. The average Bonchev–Trinajstić information content (AvgIpc) is 2.80. The number of hydrogen-bond acceptors (Lipinski definition) is 6. The highest BCUT2D eigenvalue weighted by atomic mass is 15.2. The van der Waals surface area contributed by atoms with Gasteiger partial charge in [0.1, 0.15) is 11.6 Å². The van der Waals surface area contributed by atoms with Crippen molar-refractivity contribution in [2.75, 3.05) is 10.6 Å². The van der Waals surface area contributed by atoms with Crippen LogP contribution in [0.3, 0.4) is 0 Å². The molecule has 0 saturated carbocycles. The Bertz CT molecular complexity index is 647. The molecule has 0 fully saturated rings. The summed E-state index contributed by atoms with van der Waals surface area (Å²) in [7, 11) is 0. The van der Waals surface area contributed by atoms with Gasteiger partial charge in [0.25, 0.3) is 0 Å². The predicted molar refractivity (Wildman–Crippen MR) is 81.6 cm³/mol. The van der Waals surface area contributed by atoms with Crippen molar-refractivity contribution >= 4 is 11.8 Å². The summed E-state index contributed by atoms with van der Waals surface area (Å²) in [5, 5.41) is 0. The van der Waals surface area contributed by atoms with Crippen LogP contribution >= 0.6 is 0 Å². The molecule has 2 N–H and O–H groups in total. The summed E-state index contributed by atoms with van der Waals surface area (Å²) in [6, 6.07) is 1.95.